The van der Waals surface area contributed by atoms with Crippen molar-refractivity contribution in [3.63, 3.8) is 0 Å². The first-order valence-electron chi connectivity index (χ1n) is 7.37. The predicted molar refractivity (Wildman–Crippen MR) is 85.9 cm³/mol. The molecule has 1 aliphatic rings. The molecule has 0 amide bonds. The van der Waals surface area contributed by atoms with Crippen molar-refractivity contribution in [2.45, 2.75) is 40.2 Å². The molecule has 1 heterocycles. The molecule has 0 spiro atoms. The van der Waals surface area contributed by atoms with Gasteiger partial charge >= 0.3 is 0 Å². The summed E-state index contributed by atoms with van der Waals surface area (Å²) in [5.41, 5.74) is 12.2. The van der Waals surface area contributed by atoms with Gasteiger partial charge in [0.2, 0.25) is 0 Å². The van der Waals surface area contributed by atoms with Crippen molar-refractivity contribution in [1.29, 1.82) is 0 Å². The van der Waals surface area contributed by atoms with Crippen LogP contribution >= 0.6 is 0 Å². The number of hydrogen-bond acceptors (Lipinski definition) is 5. The van der Waals surface area contributed by atoms with Crippen LogP contribution in [0.5, 0.6) is 0 Å². The van der Waals surface area contributed by atoms with Crippen LogP contribution in [0.4, 0.5) is 0 Å². The minimum Gasteiger partial charge on any atom is -0.402 e. The lowest BCUT2D eigenvalue weighted by atomic mass is 10.0. The summed E-state index contributed by atoms with van der Waals surface area (Å²) in [4.78, 5) is 4.43. The average Bonchev–Trinajstić information content (AvgIpc) is 2.47. The van der Waals surface area contributed by atoms with Crippen LogP contribution in [-0.2, 0) is 0 Å². The second kappa shape index (κ2) is 8.87. The third-order valence-corrected chi connectivity index (χ3v) is 3.40. The maximum atomic E-state index is 9.35. The molecule has 0 bridgehead atoms. The lowest BCUT2D eigenvalue weighted by Gasteiger charge is -2.43. The van der Waals surface area contributed by atoms with Crippen LogP contribution in [0, 0.1) is 0 Å². The van der Waals surface area contributed by atoms with Crippen LogP contribution in [0.2, 0.25) is 0 Å². The molecule has 0 saturated carbocycles. The van der Waals surface area contributed by atoms with E-state index in [-0.39, 0.29) is 12.1 Å². The van der Waals surface area contributed by atoms with Crippen molar-refractivity contribution in [3.05, 3.63) is 23.7 Å². The van der Waals surface area contributed by atoms with Crippen molar-refractivity contribution in [2.75, 3.05) is 32.8 Å². The van der Waals surface area contributed by atoms with Gasteiger partial charge < -0.3 is 21.5 Å². The number of rotatable bonds is 4. The normalized spacial score (nSPS) is 18.6. The molecule has 0 aliphatic carbocycles. The van der Waals surface area contributed by atoms with Crippen LogP contribution in [0.3, 0.4) is 0 Å². The first-order valence-corrected chi connectivity index (χ1v) is 7.37. The van der Waals surface area contributed by atoms with Crippen molar-refractivity contribution in [1.82, 2.24) is 9.80 Å². The van der Waals surface area contributed by atoms with E-state index in [1.807, 2.05) is 32.9 Å². The van der Waals surface area contributed by atoms with E-state index in [0.717, 1.165) is 37.7 Å². The molecule has 1 rings (SSSR count). The van der Waals surface area contributed by atoms with Gasteiger partial charge in [-0.05, 0) is 32.9 Å². The second-order valence-electron chi connectivity index (χ2n) is 5.45. The lowest BCUT2D eigenvalue weighted by molar-refractivity contribution is 0.0243. The number of piperazine rings is 1. The molecule has 1 fully saturated rings. The Labute approximate surface area is 123 Å². The maximum Gasteiger partial charge on any atom is 0.0987 e. The van der Waals surface area contributed by atoms with E-state index < -0.39 is 0 Å². The monoisotopic (exact) mass is 284 g/mol. The van der Waals surface area contributed by atoms with E-state index in [4.69, 9.17) is 11.5 Å². The minimum absolute atomic E-state index is 0.154. The van der Waals surface area contributed by atoms with Gasteiger partial charge in [-0.25, -0.2) is 0 Å². The third kappa shape index (κ3) is 5.84. The molecular weight excluding hydrogens is 252 g/mol. The van der Waals surface area contributed by atoms with Gasteiger partial charge in [0.1, 0.15) is 0 Å². The summed E-state index contributed by atoms with van der Waals surface area (Å²) in [7, 11) is 0. The van der Waals surface area contributed by atoms with Gasteiger partial charge in [0.15, 0.2) is 0 Å². The van der Waals surface area contributed by atoms with Crippen LogP contribution < -0.4 is 11.5 Å². The lowest BCUT2D eigenvalue weighted by Crippen LogP contribution is -2.56. The summed E-state index contributed by atoms with van der Waals surface area (Å²) in [5, 5.41) is 9.35. The van der Waals surface area contributed by atoms with Gasteiger partial charge in [-0.2, -0.15) is 0 Å². The molecule has 0 radical (unpaired) electrons. The standard InChI is InChI=1S/C13H26N4O.C2H6/c1-11(14)4-5-12(15)16-6-8-17(9-7-16)13(2,3)10-18;1-2/h4-5,18H,6-10,14-15H2,1-3H3;1-2H3/b11-4-,12-5+;. The molecule has 0 unspecified atom stereocenters. The molecular formula is C15H32N4O. The average molecular weight is 284 g/mol. The van der Waals surface area contributed by atoms with Crippen molar-refractivity contribution in [3.8, 4) is 0 Å². The molecule has 118 valence electrons. The Morgan fingerprint density at radius 2 is 1.60 bits per heavy atom. The number of nitrogens with two attached hydrogens (primary N) is 2. The van der Waals surface area contributed by atoms with E-state index in [1.54, 1.807) is 0 Å². The first kappa shape index (κ1) is 18.8. The van der Waals surface area contributed by atoms with E-state index in [9.17, 15) is 5.11 Å². The Morgan fingerprint density at radius 1 is 1.10 bits per heavy atom. The Kier molecular flexibility index (Phi) is 8.34. The van der Waals surface area contributed by atoms with Gasteiger partial charge in [0.25, 0.3) is 0 Å². The minimum atomic E-state index is -0.154. The highest BCUT2D eigenvalue weighted by Crippen LogP contribution is 2.17. The molecule has 1 saturated heterocycles. The number of aliphatic hydroxyl groups excluding tert-OH is 1. The summed E-state index contributed by atoms with van der Waals surface area (Å²) >= 11 is 0. The maximum absolute atomic E-state index is 9.35. The first-order chi connectivity index (χ1) is 9.36. The summed E-state index contributed by atoms with van der Waals surface area (Å²) in [6.45, 7) is 13.7. The predicted octanol–water partition coefficient (Wildman–Crippen LogP) is 1.06. The van der Waals surface area contributed by atoms with Crippen molar-refractivity contribution < 1.29 is 5.11 Å². The largest absolute Gasteiger partial charge is 0.402 e. The fourth-order valence-corrected chi connectivity index (χ4v) is 1.99. The van der Waals surface area contributed by atoms with E-state index in [2.05, 4.69) is 23.6 Å². The van der Waals surface area contributed by atoms with E-state index >= 15 is 0 Å². The third-order valence-electron chi connectivity index (χ3n) is 3.40. The zero-order valence-electron chi connectivity index (χ0n) is 13.7. The molecule has 0 aromatic rings. The molecule has 0 atom stereocenters. The van der Waals surface area contributed by atoms with E-state index in [0.29, 0.717) is 0 Å². The van der Waals surface area contributed by atoms with E-state index in [1.165, 1.54) is 0 Å². The molecule has 1 aliphatic heterocycles. The zero-order valence-corrected chi connectivity index (χ0v) is 13.7. The highest BCUT2D eigenvalue weighted by molar-refractivity contribution is 5.13. The topological polar surface area (TPSA) is 78.8 Å². The SMILES string of the molecule is C/C(N)=C/C=C(\N)N1CCN(C(C)(C)CO)CC1.CC. The van der Waals surface area contributed by atoms with Crippen molar-refractivity contribution in [2.24, 2.45) is 11.5 Å². The van der Waals surface area contributed by atoms with Gasteiger partial charge in [0.05, 0.1) is 12.4 Å². The van der Waals surface area contributed by atoms with Crippen LogP contribution in [0.25, 0.3) is 0 Å². The highest BCUT2D eigenvalue weighted by atomic mass is 16.3. The van der Waals surface area contributed by atoms with Crippen LogP contribution in [0.1, 0.15) is 34.6 Å². The highest BCUT2D eigenvalue weighted by Gasteiger charge is 2.29. The molecule has 0 aromatic heterocycles. The van der Waals surface area contributed by atoms with Gasteiger partial charge in [-0.15, -0.1) is 0 Å². The molecule has 5 N–H and O–H groups in total. The number of hydrogen-bond donors (Lipinski definition) is 3. The molecule has 0 aromatic carbocycles. The Hall–Kier alpha value is -1.20. The van der Waals surface area contributed by atoms with Gasteiger partial charge in [-0.1, -0.05) is 13.8 Å². The fraction of sp³-hybridized carbons (Fsp3) is 0.733. The fourth-order valence-electron chi connectivity index (χ4n) is 1.99. The molecule has 5 nitrogen and oxygen atoms in total. The molecule has 5 heteroatoms. The van der Waals surface area contributed by atoms with Crippen LogP contribution in [0.15, 0.2) is 23.7 Å². The summed E-state index contributed by atoms with van der Waals surface area (Å²) in [6, 6.07) is 0. The Balaban J connectivity index is 0.00000172. The second-order valence-corrected chi connectivity index (χ2v) is 5.45. The quantitative estimate of drug-likeness (QED) is 0.673. The smallest absolute Gasteiger partial charge is 0.0987 e. The Morgan fingerprint density at radius 3 is 2.00 bits per heavy atom. The van der Waals surface area contributed by atoms with Crippen LogP contribution in [-0.4, -0.2) is 53.2 Å². The summed E-state index contributed by atoms with van der Waals surface area (Å²) in [5.74, 6) is 0.751. The van der Waals surface area contributed by atoms with Gasteiger partial charge in [0, 0.05) is 37.4 Å². The molecule has 20 heavy (non-hydrogen) atoms. The van der Waals surface area contributed by atoms with Gasteiger partial charge in [-0.3, -0.25) is 4.90 Å². The summed E-state index contributed by atoms with van der Waals surface area (Å²) < 4.78 is 0. The Bertz CT molecular complexity index is 325. The zero-order chi connectivity index (χ0) is 15.8. The summed E-state index contributed by atoms with van der Waals surface area (Å²) in [6.07, 6.45) is 3.67. The number of nitrogens with zero attached hydrogens (tertiary/aromatic N) is 2. The van der Waals surface area contributed by atoms with Crippen molar-refractivity contribution >= 4 is 0 Å². The number of aliphatic hydroxyl groups is 1. The number of allylic oxidation sites excluding steroid dienone is 3.